The Labute approximate surface area is 224 Å². The second kappa shape index (κ2) is 10.9. The maximum absolute atomic E-state index is 13.4. The Hall–Kier alpha value is -3.86. The van der Waals surface area contributed by atoms with Crippen molar-refractivity contribution in [2.75, 3.05) is 5.32 Å². The van der Waals surface area contributed by atoms with Gasteiger partial charge in [0.05, 0.1) is 12.5 Å². The van der Waals surface area contributed by atoms with Crippen LogP contribution in [0.1, 0.15) is 58.6 Å². The average molecular weight is 517 g/mol. The molecule has 2 aliphatic heterocycles. The molecule has 2 aromatic rings. The van der Waals surface area contributed by atoms with Gasteiger partial charge < -0.3 is 15.4 Å². The van der Waals surface area contributed by atoms with Gasteiger partial charge >= 0.3 is 6.09 Å². The van der Waals surface area contributed by atoms with E-state index in [0.717, 1.165) is 40.8 Å². The van der Waals surface area contributed by atoms with Gasteiger partial charge in [-0.2, -0.15) is 5.26 Å². The summed E-state index contributed by atoms with van der Waals surface area (Å²) in [4.78, 5) is 39.6. The van der Waals surface area contributed by atoms with E-state index in [4.69, 9.17) is 4.74 Å². The highest BCUT2D eigenvalue weighted by Crippen LogP contribution is 2.31. The molecule has 8 heteroatoms. The van der Waals surface area contributed by atoms with Crippen LogP contribution in [0.15, 0.2) is 42.5 Å². The van der Waals surface area contributed by atoms with Crippen LogP contribution in [-0.2, 0) is 27.2 Å². The van der Waals surface area contributed by atoms with Crippen LogP contribution in [0, 0.1) is 17.2 Å². The molecule has 8 nitrogen and oxygen atoms in total. The predicted molar refractivity (Wildman–Crippen MR) is 145 cm³/mol. The molecule has 0 bridgehead atoms. The molecule has 0 unspecified atom stereocenters. The second-order valence-corrected chi connectivity index (χ2v) is 11.4. The summed E-state index contributed by atoms with van der Waals surface area (Å²) in [7, 11) is 0. The average Bonchev–Trinajstić information content (AvgIpc) is 3.23. The van der Waals surface area contributed by atoms with E-state index in [0.29, 0.717) is 12.8 Å². The third-order valence-electron chi connectivity index (χ3n) is 7.16. The van der Waals surface area contributed by atoms with Crippen molar-refractivity contribution in [3.8, 4) is 17.2 Å². The summed E-state index contributed by atoms with van der Waals surface area (Å²) in [5.74, 6) is -0.392. The Morgan fingerprint density at radius 2 is 1.82 bits per heavy atom. The fraction of sp³-hybridized carbons (Fsp3) is 0.467. The molecule has 2 heterocycles. The topological polar surface area (TPSA) is 112 Å². The van der Waals surface area contributed by atoms with Crippen LogP contribution in [0.3, 0.4) is 0 Å². The monoisotopic (exact) mass is 516 g/mol. The third-order valence-corrected chi connectivity index (χ3v) is 7.16. The highest BCUT2D eigenvalue weighted by atomic mass is 16.6. The van der Waals surface area contributed by atoms with Crippen LogP contribution in [0.4, 0.5) is 10.5 Å². The molecular weight excluding hydrogens is 480 g/mol. The fourth-order valence-electron chi connectivity index (χ4n) is 5.19. The van der Waals surface area contributed by atoms with Crippen molar-refractivity contribution in [2.45, 2.75) is 84.0 Å². The van der Waals surface area contributed by atoms with Crippen LogP contribution in [0.2, 0.25) is 0 Å². The summed E-state index contributed by atoms with van der Waals surface area (Å²) in [5, 5.41) is 15.6. The number of likely N-dealkylation sites (tertiary alicyclic amines) is 1. The lowest BCUT2D eigenvalue weighted by atomic mass is 9.86. The van der Waals surface area contributed by atoms with E-state index in [1.54, 1.807) is 20.8 Å². The fourth-order valence-corrected chi connectivity index (χ4v) is 5.19. The lowest BCUT2D eigenvalue weighted by Gasteiger charge is -2.43. The zero-order valence-electron chi connectivity index (χ0n) is 22.7. The molecule has 0 aromatic heterocycles. The third kappa shape index (κ3) is 6.16. The number of nitriles is 1. The number of anilines is 1. The maximum atomic E-state index is 13.4. The number of amides is 3. The first-order chi connectivity index (χ1) is 17.9. The molecule has 0 spiro atoms. The van der Waals surface area contributed by atoms with Gasteiger partial charge in [-0.05, 0) is 74.8 Å². The molecule has 0 radical (unpaired) electrons. The zero-order chi connectivity index (χ0) is 27.6. The lowest BCUT2D eigenvalue weighted by Crippen LogP contribution is -2.60. The van der Waals surface area contributed by atoms with Crippen molar-refractivity contribution in [2.24, 2.45) is 5.92 Å². The first-order valence-corrected chi connectivity index (χ1v) is 13.2. The Balaban J connectivity index is 1.44. The first-order valence-electron chi connectivity index (χ1n) is 13.2. The van der Waals surface area contributed by atoms with Gasteiger partial charge in [-0.15, -0.1) is 0 Å². The van der Waals surface area contributed by atoms with Crippen molar-refractivity contribution in [3.63, 3.8) is 0 Å². The molecule has 2 aromatic carbocycles. The van der Waals surface area contributed by atoms with Crippen LogP contribution >= 0.6 is 0 Å². The molecule has 200 valence electrons. The molecule has 2 N–H and O–H groups in total. The van der Waals surface area contributed by atoms with Gasteiger partial charge in [0.25, 0.3) is 0 Å². The van der Waals surface area contributed by atoms with E-state index in [1.165, 1.54) is 4.90 Å². The largest absolute Gasteiger partial charge is 0.444 e. The van der Waals surface area contributed by atoms with Crippen molar-refractivity contribution in [1.82, 2.24) is 10.2 Å². The van der Waals surface area contributed by atoms with E-state index < -0.39 is 23.8 Å². The number of nitrogens with one attached hydrogen (secondary N) is 2. The van der Waals surface area contributed by atoms with E-state index in [2.05, 4.69) is 16.7 Å². The first kappa shape index (κ1) is 27.2. The van der Waals surface area contributed by atoms with Gasteiger partial charge in [0.15, 0.2) is 0 Å². The van der Waals surface area contributed by atoms with Gasteiger partial charge in [-0.1, -0.05) is 43.3 Å². The number of ether oxygens (including phenoxy) is 1. The SMILES string of the molecule is C[C@@H]1CC[C@H](C)N(C(=O)OC(C)(C)C)[C@@H]1C(=O)N[C@H](C#N)Cc1ccc(-c2ccc3c(c2)NC(=O)C3)cc1. The quantitative estimate of drug-likeness (QED) is 0.592. The van der Waals surface area contributed by atoms with E-state index in [-0.39, 0.29) is 23.8 Å². The molecule has 3 amide bonds. The van der Waals surface area contributed by atoms with Crippen molar-refractivity contribution in [3.05, 3.63) is 53.6 Å². The van der Waals surface area contributed by atoms with Gasteiger partial charge in [-0.25, -0.2) is 4.79 Å². The summed E-state index contributed by atoms with van der Waals surface area (Å²) in [5.41, 5.74) is 4.06. The highest BCUT2D eigenvalue weighted by molar-refractivity contribution is 6.00. The smallest absolute Gasteiger partial charge is 0.411 e. The number of piperidine rings is 1. The summed E-state index contributed by atoms with van der Waals surface area (Å²) in [6.45, 7) is 9.29. The molecule has 0 saturated carbocycles. The van der Waals surface area contributed by atoms with E-state index >= 15 is 0 Å². The van der Waals surface area contributed by atoms with Crippen LogP contribution in [0.25, 0.3) is 11.1 Å². The van der Waals surface area contributed by atoms with Gasteiger partial charge in [-0.3, -0.25) is 14.5 Å². The van der Waals surface area contributed by atoms with E-state index in [1.807, 2.05) is 56.3 Å². The van der Waals surface area contributed by atoms with Crippen molar-refractivity contribution in [1.29, 1.82) is 5.26 Å². The molecule has 0 aliphatic carbocycles. The molecule has 2 aliphatic rings. The number of rotatable bonds is 5. The number of hydrogen-bond acceptors (Lipinski definition) is 5. The summed E-state index contributed by atoms with van der Waals surface area (Å²) in [6.07, 6.45) is 1.83. The van der Waals surface area contributed by atoms with Crippen LogP contribution < -0.4 is 10.6 Å². The van der Waals surface area contributed by atoms with Crippen LogP contribution in [-0.4, -0.2) is 46.5 Å². The molecule has 4 rings (SSSR count). The minimum Gasteiger partial charge on any atom is -0.444 e. The number of carbonyl (C=O) groups is 3. The number of hydrogen-bond donors (Lipinski definition) is 2. The minimum atomic E-state index is -0.742. The minimum absolute atomic E-state index is 0.00313. The molecule has 1 fully saturated rings. The van der Waals surface area contributed by atoms with Gasteiger partial charge in [0, 0.05) is 18.2 Å². The van der Waals surface area contributed by atoms with Crippen molar-refractivity contribution >= 4 is 23.6 Å². The Kier molecular flexibility index (Phi) is 7.77. The normalized spacial score (nSPS) is 21.6. The molecule has 1 saturated heterocycles. The van der Waals surface area contributed by atoms with Gasteiger partial charge in [0.2, 0.25) is 11.8 Å². The maximum Gasteiger partial charge on any atom is 0.411 e. The number of benzene rings is 2. The van der Waals surface area contributed by atoms with Gasteiger partial charge in [0.1, 0.15) is 17.7 Å². The lowest BCUT2D eigenvalue weighted by molar-refractivity contribution is -0.131. The Bertz CT molecular complexity index is 1260. The predicted octanol–water partition coefficient (Wildman–Crippen LogP) is 4.82. The van der Waals surface area contributed by atoms with E-state index in [9.17, 15) is 19.6 Å². The van der Waals surface area contributed by atoms with Crippen LogP contribution in [0.5, 0.6) is 0 Å². The number of carbonyl (C=O) groups excluding carboxylic acids is 3. The highest BCUT2D eigenvalue weighted by Gasteiger charge is 2.42. The summed E-state index contributed by atoms with van der Waals surface area (Å²) in [6, 6.07) is 14.4. The Morgan fingerprint density at radius 3 is 2.47 bits per heavy atom. The second-order valence-electron chi connectivity index (χ2n) is 11.4. The Morgan fingerprint density at radius 1 is 1.13 bits per heavy atom. The number of nitrogens with zero attached hydrogens (tertiary/aromatic N) is 2. The van der Waals surface area contributed by atoms with Crippen molar-refractivity contribution < 1.29 is 19.1 Å². The summed E-state index contributed by atoms with van der Waals surface area (Å²) < 4.78 is 5.60. The number of fused-ring (bicyclic) bond motifs is 1. The zero-order valence-corrected chi connectivity index (χ0v) is 22.7. The standard InChI is InChI=1S/C30H36N4O4/c1-18-6-7-19(2)34(29(37)38-30(3,4)5)27(18)28(36)32-24(17-31)14-20-8-10-21(11-9-20)22-12-13-23-16-26(35)33-25(23)15-22/h8-13,15,18-19,24,27H,6-7,14,16H2,1-5H3,(H,32,36)(H,33,35)/t18-,19+,24+,27+/m1/s1. The summed E-state index contributed by atoms with van der Waals surface area (Å²) >= 11 is 0. The molecule has 4 atom stereocenters. The molecular formula is C30H36N4O4. The molecule has 38 heavy (non-hydrogen) atoms.